The van der Waals surface area contributed by atoms with Crippen molar-refractivity contribution in [1.82, 2.24) is 5.32 Å². The van der Waals surface area contributed by atoms with Gasteiger partial charge < -0.3 is 5.32 Å². The van der Waals surface area contributed by atoms with Crippen LogP contribution in [0.1, 0.15) is 36.5 Å². The highest BCUT2D eigenvalue weighted by molar-refractivity contribution is 7.92. The number of nitriles is 1. The molecule has 0 bridgehead atoms. The van der Waals surface area contributed by atoms with Crippen molar-refractivity contribution in [2.75, 3.05) is 17.5 Å². The number of hydrogen-bond donors (Lipinski definition) is 3. The van der Waals surface area contributed by atoms with E-state index in [-0.39, 0.29) is 29.5 Å². The maximum absolute atomic E-state index is 12.4. The first-order chi connectivity index (χ1) is 11.8. The molecular formula is C17H23N3O3S2. The van der Waals surface area contributed by atoms with Gasteiger partial charge in [0, 0.05) is 16.9 Å². The fourth-order valence-corrected chi connectivity index (χ4v) is 4.44. The molecule has 2 N–H and O–H groups in total. The molecule has 0 saturated heterocycles. The van der Waals surface area contributed by atoms with Crippen molar-refractivity contribution in [2.24, 2.45) is 11.8 Å². The number of hydrogen-bond acceptors (Lipinski definition) is 5. The van der Waals surface area contributed by atoms with E-state index in [4.69, 9.17) is 17.9 Å². The molecule has 0 radical (unpaired) electrons. The van der Waals surface area contributed by atoms with Crippen molar-refractivity contribution < 1.29 is 13.2 Å². The van der Waals surface area contributed by atoms with Crippen molar-refractivity contribution in [3.8, 4) is 6.07 Å². The third-order valence-corrected chi connectivity index (χ3v) is 5.72. The molecule has 1 aliphatic rings. The Kier molecular flexibility index (Phi) is 6.73. The SMILES string of the molecule is CS(=O)(=O)Nc1cccc(C(S)C2CCCCC2C(=O)NCC#N)c1. The second-order valence-electron chi connectivity index (χ2n) is 6.38. The van der Waals surface area contributed by atoms with Crippen LogP contribution in [-0.4, -0.2) is 27.1 Å². The number of nitrogens with zero attached hydrogens (tertiary/aromatic N) is 1. The van der Waals surface area contributed by atoms with E-state index in [1.54, 1.807) is 18.2 Å². The molecular weight excluding hydrogens is 358 g/mol. The van der Waals surface area contributed by atoms with Gasteiger partial charge in [0.15, 0.2) is 0 Å². The van der Waals surface area contributed by atoms with Gasteiger partial charge in [0.2, 0.25) is 15.9 Å². The minimum Gasteiger partial charge on any atom is -0.343 e. The first kappa shape index (κ1) is 19.6. The van der Waals surface area contributed by atoms with Gasteiger partial charge in [-0.3, -0.25) is 9.52 Å². The van der Waals surface area contributed by atoms with E-state index in [1.165, 1.54) is 0 Å². The molecule has 1 saturated carbocycles. The molecule has 2 rings (SSSR count). The zero-order valence-electron chi connectivity index (χ0n) is 14.1. The number of carbonyl (C=O) groups is 1. The summed E-state index contributed by atoms with van der Waals surface area (Å²) in [6.07, 6.45) is 4.78. The van der Waals surface area contributed by atoms with Crippen LogP contribution in [0.3, 0.4) is 0 Å². The van der Waals surface area contributed by atoms with Gasteiger partial charge in [-0.25, -0.2) is 8.42 Å². The zero-order valence-corrected chi connectivity index (χ0v) is 15.8. The summed E-state index contributed by atoms with van der Waals surface area (Å²) in [4.78, 5) is 12.4. The monoisotopic (exact) mass is 381 g/mol. The van der Waals surface area contributed by atoms with Gasteiger partial charge in [-0.05, 0) is 36.5 Å². The summed E-state index contributed by atoms with van der Waals surface area (Å²) in [6.45, 7) is 0.00700. The van der Waals surface area contributed by atoms with Crippen LogP contribution in [0.5, 0.6) is 0 Å². The Labute approximate surface area is 154 Å². The van der Waals surface area contributed by atoms with E-state index in [1.807, 2.05) is 12.1 Å². The summed E-state index contributed by atoms with van der Waals surface area (Å²) < 4.78 is 25.3. The average Bonchev–Trinajstić information content (AvgIpc) is 2.57. The minimum absolute atomic E-state index is 0.00700. The molecule has 0 aromatic heterocycles. The van der Waals surface area contributed by atoms with Crippen LogP contribution in [0.25, 0.3) is 0 Å². The standard InChI is InChI=1S/C17H23N3O3S2/c1-25(22,23)20-13-6-4-5-12(11-13)16(24)14-7-2-3-8-15(14)17(21)19-10-9-18/h4-6,11,14-16,20,24H,2-3,7-8,10H2,1H3,(H,19,21). The van der Waals surface area contributed by atoms with E-state index in [0.29, 0.717) is 5.69 Å². The fourth-order valence-electron chi connectivity index (χ4n) is 3.37. The maximum Gasteiger partial charge on any atom is 0.229 e. The number of thiol groups is 1. The highest BCUT2D eigenvalue weighted by Crippen LogP contribution is 2.42. The topological polar surface area (TPSA) is 99.1 Å². The van der Waals surface area contributed by atoms with Gasteiger partial charge in [-0.15, -0.1) is 0 Å². The molecule has 1 aromatic carbocycles. The molecule has 0 aliphatic heterocycles. The average molecular weight is 382 g/mol. The predicted octanol–water partition coefficient (Wildman–Crippen LogP) is 2.48. The van der Waals surface area contributed by atoms with Gasteiger partial charge in [-0.2, -0.15) is 17.9 Å². The summed E-state index contributed by atoms with van der Waals surface area (Å²) in [5.74, 6) is -0.240. The second-order valence-corrected chi connectivity index (χ2v) is 8.68. The molecule has 1 amide bonds. The Bertz CT molecular complexity index is 759. The van der Waals surface area contributed by atoms with Crippen LogP contribution in [-0.2, 0) is 14.8 Å². The normalized spacial score (nSPS) is 21.8. The van der Waals surface area contributed by atoms with Crippen LogP contribution in [0.15, 0.2) is 24.3 Å². The zero-order chi connectivity index (χ0) is 18.4. The molecule has 25 heavy (non-hydrogen) atoms. The van der Waals surface area contributed by atoms with Gasteiger partial charge in [0.05, 0.1) is 12.3 Å². The lowest BCUT2D eigenvalue weighted by atomic mass is 9.75. The van der Waals surface area contributed by atoms with E-state index in [2.05, 4.69) is 10.0 Å². The highest BCUT2D eigenvalue weighted by atomic mass is 32.2. The molecule has 0 spiro atoms. The molecule has 1 fully saturated rings. The van der Waals surface area contributed by atoms with Crippen molar-refractivity contribution in [3.63, 3.8) is 0 Å². The summed E-state index contributed by atoms with van der Waals surface area (Å²) >= 11 is 4.74. The molecule has 1 aliphatic carbocycles. The van der Waals surface area contributed by atoms with Crippen LogP contribution in [0.4, 0.5) is 5.69 Å². The third kappa shape index (κ3) is 5.65. The van der Waals surface area contributed by atoms with Gasteiger partial charge >= 0.3 is 0 Å². The highest BCUT2D eigenvalue weighted by Gasteiger charge is 2.35. The van der Waals surface area contributed by atoms with E-state index in [9.17, 15) is 13.2 Å². The number of amides is 1. The second kappa shape index (κ2) is 8.59. The van der Waals surface area contributed by atoms with E-state index >= 15 is 0 Å². The van der Waals surface area contributed by atoms with Gasteiger partial charge in [0.1, 0.15) is 6.54 Å². The Morgan fingerprint density at radius 1 is 1.40 bits per heavy atom. The largest absolute Gasteiger partial charge is 0.343 e. The molecule has 0 heterocycles. The predicted molar refractivity (Wildman–Crippen MR) is 101 cm³/mol. The Morgan fingerprint density at radius 2 is 2.12 bits per heavy atom. The smallest absolute Gasteiger partial charge is 0.229 e. The Morgan fingerprint density at radius 3 is 2.80 bits per heavy atom. The number of sulfonamides is 1. The molecule has 3 atom stereocenters. The van der Waals surface area contributed by atoms with Crippen LogP contribution in [0.2, 0.25) is 0 Å². The van der Waals surface area contributed by atoms with Crippen molar-refractivity contribution in [3.05, 3.63) is 29.8 Å². The van der Waals surface area contributed by atoms with Crippen LogP contribution >= 0.6 is 12.6 Å². The molecule has 3 unspecified atom stereocenters. The van der Waals surface area contributed by atoms with Crippen molar-refractivity contribution in [1.29, 1.82) is 5.26 Å². The van der Waals surface area contributed by atoms with Crippen molar-refractivity contribution >= 4 is 34.2 Å². The number of carbonyl (C=O) groups excluding carboxylic acids is 1. The van der Waals surface area contributed by atoms with Crippen LogP contribution < -0.4 is 10.0 Å². The van der Waals surface area contributed by atoms with Gasteiger partial charge in [0.25, 0.3) is 0 Å². The number of rotatable bonds is 6. The quantitative estimate of drug-likeness (QED) is 0.521. The molecule has 1 aromatic rings. The summed E-state index contributed by atoms with van der Waals surface area (Å²) in [6, 6.07) is 9.04. The Balaban J connectivity index is 2.19. The lowest BCUT2D eigenvalue weighted by Gasteiger charge is -2.34. The van der Waals surface area contributed by atoms with E-state index in [0.717, 1.165) is 37.5 Å². The van der Waals surface area contributed by atoms with E-state index < -0.39 is 10.0 Å². The molecule has 6 nitrogen and oxygen atoms in total. The summed E-state index contributed by atoms with van der Waals surface area (Å²) in [7, 11) is -3.35. The van der Waals surface area contributed by atoms with Crippen molar-refractivity contribution in [2.45, 2.75) is 30.9 Å². The lowest BCUT2D eigenvalue weighted by Crippen LogP contribution is -2.38. The third-order valence-electron chi connectivity index (χ3n) is 4.43. The number of nitrogens with one attached hydrogen (secondary N) is 2. The number of anilines is 1. The summed E-state index contributed by atoms with van der Waals surface area (Å²) in [5.41, 5.74) is 1.36. The first-order valence-electron chi connectivity index (χ1n) is 8.22. The van der Waals surface area contributed by atoms with Gasteiger partial charge in [-0.1, -0.05) is 25.0 Å². The minimum atomic E-state index is -3.35. The number of benzene rings is 1. The van der Waals surface area contributed by atoms with Crippen LogP contribution in [0, 0.1) is 23.2 Å². The molecule has 8 heteroatoms. The lowest BCUT2D eigenvalue weighted by molar-refractivity contribution is -0.127. The Hall–Kier alpha value is -1.72. The first-order valence-corrected chi connectivity index (χ1v) is 10.6. The molecule has 136 valence electrons. The maximum atomic E-state index is 12.4. The summed E-state index contributed by atoms with van der Waals surface area (Å²) in [5, 5.41) is 11.1. The fraction of sp³-hybridized carbons (Fsp3) is 0.529.